The van der Waals surface area contributed by atoms with Crippen molar-refractivity contribution in [3.05, 3.63) is 0 Å². The molecule has 0 aromatic rings. The molecule has 0 heterocycles. The Kier molecular flexibility index (Phi) is 5.63. The summed E-state index contributed by atoms with van der Waals surface area (Å²) >= 11 is 0. The van der Waals surface area contributed by atoms with Crippen molar-refractivity contribution in [3.8, 4) is 6.07 Å². The summed E-state index contributed by atoms with van der Waals surface area (Å²) in [4.78, 5) is 32.1. The third-order valence-corrected chi connectivity index (χ3v) is 1.76. The molecule has 0 fully saturated rings. The van der Waals surface area contributed by atoms with Gasteiger partial charge in [-0.25, -0.2) is 4.79 Å². The van der Waals surface area contributed by atoms with Gasteiger partial charge in [-0.15, -0.1) is 0 Å². The van der Waals surface area contributed by atoms with Crippen molar-refractivity contribution in [2.45, 2.75) is 24.9 Å². The van der Waals surface area contributed by atoms with E-state index < -0.39 is 36.4 Å². The van der Waals surface area contributed by atoms with Crippen LogP contribution in [-0.2, 0) is 19.1 Å². The minimum Gasteiger partial charge on any atom is -0.481 e. The molecule has 0 rings (SSSR count). The van der Waals surface area contributed by atoms with Crippen molar-refractivity contribution in [3.63, 3.8) is 0 Å². The van der Waals surface area contributed by atoms with Gasteiger partial charge in [0.2, 0.25) is 0 Å². The first kappa shape index (κ1) is 14.9. The zero-order chi connectivity index (χ0) is 13.5. The van der Waals surface area contributed by atoms with E-state index >= 15 is 0 Å². The normalized spacial score (nSPS) is 13.2. The first-order valence-electron chi connectivity index (χ1n) is 4.52. The standard InChI is InChI=1S/C9H11NO7/c10-2-1-3-17-7(13)5-9(16,8(14)15)4-6(11)12/h16H,1,3-5H2,(H,11,12)(H,14,15). The highest BCUT2D eigenvalue weighted by Gasteiger charge is 2.41. The van der Waals surface area contributed by atoms with Crippen molar-refractivity contribution in [1.29, 1.82) is 5.26 Å². The van der Waals surface area contributed by atoms with Crippen molar-refractivity contribution in [2.75, 3.05) is 6.61 Å². The smallest absolute Gasteiger partial charge is 0.336 e. The fourth-order valence-electron chi connectivity index (χ4n) is 0.964. The molecule has 3 N–H and O–H groups in total. The highest BCUT2D eigenvalue weighted by atomic mass is 16.5. The van der Waals surface area contributed by atoms with Crippen LogP contribution in [0.2, 0.25) is 0 Å². The summed E-state index contributed by atoms with van der Waals surface area (Å²) in [5, 5.41) is 34.6. The van der Waals surface area contributed by atoms with Gasteiger partial charge in [-0.05, 0) is 0 Å². The van der Waals surface area contributed by atoms with E-state index in [9.17, 15) is 19.5 Å². The zero-order valence-corrected chi connectivity index (χ0v) is 8.75. The molecule has 0 radical (unpaired) electrons. The summed E-state index contributed by atoms with van der Waals surface area (Å²) in [5.41, 5.74) is -2.70. The predicted molar refractivity (Wildman–Crippen MR) is 50.6 cm³/mol. The Labute approximate surface area is 96.0 Å². The first-order chi connectivity index (χ1) is 7.81. The van der Waals surface area contributed by atoms with E-state index in [0.29, 0.717) is 0 Å². The second-order valence-corrected chi connectivity index (χ2v) is 3.21. The van der Waals surface area contributed by atoms with Crippen LogP contribution in [0.3, 0.4) is 0 Å². The van der Waals surface area contributed by atoms with E-state index in [1.807, 2.05) is 0 Å². The predicted octanol–water partition coefficient (Wildman–Crippen LogP) is -0.876. The molecule has 0 saturated heterocycles. The maximum Gasteiger partial charge on any atom is 0.336 e. The van der Waals surface area contributed by atoms with Crippen molar-refractivity contribution < 1.29 is 34.4 Å². The molecule has 0 aromatic carbocycles. The van der Waals surface area contributed by atoms with E-state index in [-0.39, 0.29) is 13.0 Å². The van der Waals surface area contributed by atoms with Crippen LogP contribution < -0.4 is 0 Å². The third kappa shape index (κ3) is 5.48. The maximum absolute atomic E-state index is 11.1. The number of hydrogen-bond donors (Lipinski definition) is 3. The third-order valence-electron chi connectivity index (χ3n) is 1.76. The Bertz CT molecular complexity index is 359. The van der Waals surface area contributed by atoms with Gasteiger partial charge in [0.25, 0.3) is 0 Å². The zero-order valence-electron chi connectivity index (χ0n) is 8.75. The average molecular weight is 245 g/mol. The molecule has 0 aliphatic rings. The van der Waals surface area contributed by atoms with Crippen LogP contribution in [0.15, 0.2) is 0 Å². The second-order valence-electron chi connectivity index (χ2n) is 3.21. The largest absolute Gasteiger partial charge is 0.481 e. The van der Waals surface area contributed by atoms with Gasteiger partial charge in [-0.3, -0.25) is 9.59 Å². The quantitative estimate of drug-likeness (QED) is 0.387. The Morgan fingerprint density at radius 3 is 2.24 bits per heavy atom. The Balaban J connectivity index is 4.45. The molecule has 1 atom stereocenters. The molecular formula is C9H11NO7. The Morgan fingerprint density at radius 2 is 1.82 bits per heavy atom. The van der Waals surface area contributed by atoms with Gasteiger partial charge < -0.3 is 20.1 Å². The number of ether oxygens (including phenoxy) is 1. The Hall–Kier alpha value is -2.14. The van der Waals surface area contributed by atoms with Crippen molar-refractivity contribution >= 4 is 17.9 Å². The number of carbonyl (C=O) groups excluding carboxylic acids is 1. The fraction of sp³-hybridized carbons (Fsp3) is 0.556. The molecule has 8 nitrogen and oxygen atoms in total. The van der Waals surface area contributed by atoms with Gasteiger partial charge in [0.1, 0.15) is 6.61 Å². The lowest BCUT2D eigenvalue weighted by atomic mass is 9.96. The molecule has 94 valence electrons. The van der Waals surface area contributed by atoms with E-state index in [0.717, 1.165) is 0 Å². The number of aliphatic hydroxyl groups is 1. The Morgan fingerprint density at radius 1 is 1.24 bits per heavy atom. The van der Waals surface area contributed by atoms with Crippen LogP contribution in [0.1, 0.15) is 19.3 Å². The van der Waals surface area contributed by atoms with Crippen LogP contribution >= 0.6 is 0 Å². The molecular weight excluding hydrogens is 234 g/mol. The molecule has 0 aliphatic carbocycles. The summed E-state index contributed by atoms with van der Waals surface area (Å²) in [5.74, 6) is -4.46. The topological polar surface area (TPSA) is 145 Å². The summed E-state index contributed by atoms with van der Waals surface area (Å²) in [6.07, 6.45) is -2.17. The van der Waals surface area contributed by atoms with E-state index in [1.165, 1.54) is 0 Å². The number of aliphatic carboxylic acids is 2. The molecule has 8 heteroatoms. The second kappa shape index (κ2) is 6.44. The number of rotatable bonds is 7. The SMILES string of the molecule is N#CCCOC(=O)CC(O)(CC(=O)O)C(=O)O. The molecule has 0 saturated carbocycles. The molecule has 17 heavy (non-hydrogen) atoms. The number of carbonyl (C=O) groups is 3. The van der Waals surface area contributed by atoms with Gasteiger partial charge in [0.05, 0.1) is 25.3 Å². The van der Waals surface area contributed by atoms with Crippen molar-refractivity contribution in [1.82, 2.24) is 0 Å². The van der Waals surface area contributed by atoms with Gasteiger partial charge >= 0.3 is 17.9 Å². The van der Waals surface area contributed by atoms with E-state index in [4.69, 9.17) is 15.5 Å². The average Bonchev–Trinajstić information content (AvgIpc) is 2.16. The number of nitrogens with zero attached hydrogens (tertiary/aromatic N) is 1. The molecule has 0 aromatic heterocycles. The number of carboxylic acid groups (broad SMARTS) is 2. The van der Waals surface area contributed by atoms with Gasteiger partial charge in [-0.1, -0.05) is 0 Å². The van der Waals surface area contributed by atoms with Crippen LogP contribution in [-0.4, -0.2) is 45.4 Å². The van der Waals surface area contributed by atoms with Gasteiger partial charge in [0.15, 0.2) is 5.60 Å². The van der Waals surface area contributed by atoms with Crippen molar-refractivity contribution in [2.24, 2.45) is 0 Å². The summed E-state index contributed by atoms with van der Waals surface area (Å²) in [6.45, 7) is -0.238. The summed E-state index contributed by atoms with van der Waals surface area (Å²) in [7, 11) is 0. The molecule has 0 amide bonds. The summed E-state index contributed by atoms with van der Waals surface area (Å²) in [6, 6.07) is 1.69. The highest BCUT2D eigenvalue weighted by Crippen LogP contribution is 2.16. The van der Waals surface area contributed by atoms with E-state index in [1.54, 1.807) is 6.07 Å². The number of carboxylic acids is 2. The fourth-order valence-corrected chi connectivity index (χ4v) is 0.964. The van der Waals surface area contributed by atoms with Crippen LogP contribution in [0, 0.1) is 11.3 Å². The number of esters is 1. The number of hydrogen-bond acceptors (Lipinski definition) is 6. The lowest BCUT2D eigenvalue weighted by Gasteiger charge is -2.19. The van der Waals surface area contributed by atoms with Gasteiger partial charge in [-0.2, -0.15) is 5.26 Å². The molecule has 0 aliphatic heterocycles. The van der Waals surface area contributed by atoms with Gasteiger partial charge in [0, 0.05) is 0 Å². The van der Waals surface area contributed by atoms with Crippen LogP contribution in [0.5, 0.6) is 0 Å². The molecule has 0 spiro atoms. The minimum atomic E-state index is -2.70. The van der Waals surface area contributed by atoms with E-state index in [2.05, 4.69) is 4.74 Å². The molecule has 1 unspecified atom stereocenters. The molecule has 0 bridgehead atoms. The maximum atomic E-state index is 11.1. The highest BCUT2D eigenvalue weighted by molar-refractivity contribution is 5.88. The summed E-state index contributed by atoms with van der Waals surface area (Å²) < 4.78 is 4.43. The lowest BCUT2D eigenvalue weighted by Crippen LogP contribution is -2.43. The minimum absolute atomic E-state index is 0.0732. The first-order valence-corrected chi connectivity index (χ1v) is 4.52. The number of nitriles is 1. The monoisotopic (exact) mass is 245 g/mol. The lowest BCUT2D eigenvalue weighted by molar-refractivity contribution is -0.171. The van der Waals surface area contributed by atoms with Crippen LogP contribution in [0.25, 0.3) is 0 Å². The van der Waals surface area contributed by atoms with Crippen LogP contribution in [0.4, 0.5) is 0 Å².